The van der Waals surface area contributed by atoms with E-state index in [1.807, 2.05) is 6.92 Å². The number of nitrogen functional groups attached to an aromatic ring is 1. The number of aryl methyl sites for hydroxylation is 2. The van der Waals surface area contributed by atoms with Crippen molar-refractivity contribution in [2.75, 3.05) is 12.8 Å². The molecule has 0 bridgehead atoms. The van der Waals surface area contributed by atoms with E-state index in [1.165, 1.54) is 11.2 Å². The van der Waals surface area contributed by atoms with E-state index in [4.69, 9.17) is 5.73 Å². The topological polar surface area (TPSA) is 64.2 Å². The van der Waals surface area contributed by atoms with Crippen LogP contribution in [0.25, 0.3) is 0 Å². The third kappa shape index (κ3) is 4.32. The van der Waals surface area contributed by atoms with Crippen molar-refractivity contribution < 1.29 is 0 Å². The quantitative estimate of drug-likeness (QED) is 0.788. The van der Waals surface area contributed by atoms with Gasteiger partial charge in [0.1, 0.15) is 12.1 Å². The van der Waals surface area contributed by atoms with E-state index in [-0.39, 0.29) is 0 Å². The zero-order chi connectivity index (χ0) is 12.7. The predicted molar refractivity (Wildman–Crippen MR) is 73.8 cm³/mol. The van der Waals surface area contributed by atoms with Crippen LogP contribution in [0.15, 0.2) is 28.8 Å². The minimum atomic E-state index is 0.475. The van der Waals surface area contributed by atoms with E-state index in [0.717, 1.165) is 11.3 Å². The third-order valence-corrected chi connectivity index (χ3v) is 2.84. The standard InChI is InChI=1S/C7H10N4.C5H6S/c1-5-6(3-9-2)7(8)11-4-10-5;1-5-3-2-4-6-5/h3-4H,1-2H3,(H2,8,10,11);2-4H,1H3. The van der Waals surface area contributed by atoms with Crippen LogP contribution in [0.3, 0.4) is 0 Å². The molecule has 0 radical (unpaired) electrons. The lowest BCUT2D eigenvalue weighted by atomic mass is 10.2. The van der Waals surface area contributed by atoms with Crippen LogP contribution in [0.4, 0.5) is 5.82 Å². The number of nitrogens with two attached hydrogens (primary N) is 1. The van der Waals surface area contributed by atoms with E-state index in [2.05, 4.69) is 39.4 Å². The highest BCUT2D eigenvalue weighted by Gasteiger charge is 2.00. The number of aliphatic imine (C=N–C) groups is 1. The van der Waals surface area contributed by atoms with Gasteiger partial charge in [0.2, 0.25) is 0 Å². The highest BCUT2D eigenvalue weighted by molar-refractivity contribution is 7.09. The Bertz CT molecular complexity index is 457. The lowest BCUT2D eigenvalue weighted by Crippen LogP contribution is -2.01. The minimum absolute atomic E-state index is 0.475. The molecule has 0 aliphatic heterocycles. The van der Waals surface area contributed by atoms with E-state index < -0.39 is 0 Å². The van der Waals surface area contributed by atoms with Crippen molar-refractivity contribution in [3.05, 3.63) is 40.0 Å². The molecule has 90 valence electrons. The smallest absolute Gasteiger partial charge is 0.135 e. The van der Waals surface area contributed by atoms with Crippen molar-refractivity contribution in [3.8, 4) is 0 Å². The average molecular weight is 248 g/mol. The molecule has 2 aromatic heterocycles. The fraction of sp³-hybridized carbons (Fsp3) is 0.250. The van der Waals surface area contributed by atoms with Gasteiger partial charge in [-0.3, -0.25) is 4.99 Å². The van der Waals surface area contributed by atoms with E-state index >= 15 is 0 Å². The van der Waals surface area contributed by atoms with Gasteiger partial charge in [0.15, 0.2) is 0 Å². The highest BCUT2D eigenvalue weighted by atomic mass is 32.1. The van der Waals surface area contributed by atoms with Crippen LogP contribution < -0.4 is 5.73 Å². The van der Waals surface area contributed by atoms with Crippen molar-refractivity contribution >= 4 is 23.4 Å². The van der Waals surface area contributed by atoms with Gasteiger partial charge in [-0.2, -0.15) is 0 Å². The fourth-order valence-electron chi connectivity index (χ4n) is 1.15. The van der Waals surface area contributed by atoms with E-state index in [9.17, 15) is 0 Å². The van der Waals surface area contributed by atoms with Crippen molar-refractivity contribution in [1.29, 1.82) is 0 Å². The number of nitrogens with zero attached hydrogens (tertiary/aromatic N) is 3. The van der Waals surface area contributed by atoms with E-state index in [1.54, 1.807) is 24.6 Å². The lowest BCUT2D eigenvalue weighted by molar-refractivity contribution is 1.10. The van der Waals surface area contributed by atoms with Crippen LogP contribution in [-0.2, 0) is 0 Å². The Morgan fingerprint density at radius 2 is 2.12 bits per heavy atom. The van der Waals surface area contributed by atoms with Crippen molar-refractivity contribution in [2.45, 2.75) is 13.8 Å². The van der Waals surface area contributed by atoms with Crippen molar-refractivity contribution in [1.82, 2.24) is 9.97 Å². The molecule has 4 nitrogen and oxygen atoms in total. The molecule has 0 saturated heterocycles. The van der Waals surface area contributed by atoms with Crippen LogP contribution in [0, 0.1) is 13.8 Å². The Morgan fingerprint density at radius 1 is 1.35 bits per heavy atom. The van der Waals surface area contributed by atoms with Gasteiger partial charge in [-0.05, 0) is 25.3 Å². The zero-order valence-electron chi connectivity index (χ0n) is 10.2. The normalized spacial score (nSPS) is 10.1. The lowest BCUT2D eigenvalue weighted by Gasteiger charge is -1.99. The molecule has 2 N–H and O–H groups in total. The van der Waals surface area contributed by atoms with Gasteiger partial charge in [-0.1, -0.05) is 6.07 Å². The summed E-state index contributed by atoms with van der Waals surface area (Å²) in [5.41, 5.74) is 7.22. The summed E-state index contributed by atoms with van der Waals surface area (Å²) in [6.07, 6.45) is 3.10. The van der Waals surface area contributed by atoms with Crippen LogP contribution in [0.2, 0.25) is 0 Å². The first-order valence-electron chi connectivity index (χ1n) is 5.14. The van der Waals surface area contributed by atoms with Crippen molar-refractivity contribution in [2.24, 2.45) is 4.99 Å². The van der Waals surface area contributed by atoms with Gasteiger partial charge >= 0.3 is 0 Å². The Labute approximate surface area is 105 Å². The molecule has 2 aromatic rings. The van der Waals surface area contributed by atoms with Crippen LogP contribution in [0.5, 0.6) is 0 Å². The third-order valence-electron chi connectivity index (χ3n) is 2.04. The monoisotopic (exact) mass is 248 g/mol. The van der Waals surface area contributed by atoms with Gasteiger partial charge in [0.05, 0.1) is 11.3 Å². The first kappa shape index (κ1) is 13.3. The number of anilines is 1. The maximum Gasteiger partial charge on any atom is 0.135 e. The van der Waals surface area contributed by atoms with Gasteiger partial charge in [-0.25, -0.2) is 9.97 Å². The molecule has 0 spiro atoms. The first-order valence-corrected chi connectivity index (χ1v) is 6.02. The minimum Gasteiger partial charge on any atom is -0.383 e. The molecule has 0 aliphatic rings. The van der Waals surface area contributed by atoms with Crippen LogP contribution in [-0.4, -0.2) is 23.2 Å². The molecule has 0 unspecified atom stereocenters. The molecule has 0 atom stereocenters. The van der Waals surface area contributed by atoms with E-state index in [0.29, 0.717) is 5.82 Å². The number of hydrogen-bond donors (Lipinski definition) is 1. The molecular weight excluding hydrogens is 232 g/mol. The Hall–Kier alpha value is -1.75. The number of hydrogen-bond acceptors (Lipinski definition) is 5. The summed E-state index contributed by atoms with van der Waals surface area (Å²) >= 11 is 1.78. The summed E-state index contributed by atoms with van der Waals surface area (Å²) in [7, 11) is 1.69. The molecular formula is C12H16N4S. The molecule has 0 aromatic carbocycles. The fourth-order valence-corrected chi connectivity index (χ4v) is 1.68. The Morgan fingerprint density at radius 3 is 2.53 bits per heavy atom. The molecule has 5 heteroatoms. The summed E-state index contributed by atoms with van der Waals surface area (Å²) in [5.74, 6) is 0.475. The van der Waals surface area contributed by atoms with Crippen LogP contribution >= 0.6 is 11.3 Å². The summed E-state index contributed by atoms with van der Waals surface area (Å²) in [5, 5.41) is 2.08. The second kappa shape index (κ2) is 6.75. The van der Waals surface area contributed by atoms with Gasteiger partial charge < -0.3 is 5.73 Å². The van der Waals surface area contributed by atoms with Gasteiger partial charge in [0, 0.05) is 18.1 Å². The molecule has 0 aliphatic carbocycles. The molecule has 0 saturated carbocycles. The Kier molecular flexibility index (Phi) is 5.29. The second-order valence-corrected chi connectivity index (χ2v) is 4.52. The molecule has 0 amide bonds. The maximum atomic E-state index is 5.57. The Balaban J connectivity index is 0.000000202. The molecule has 17 heavy (non-hydrogen) atoms. The largest absolute Gasteiger partial charge is 0.383 e. The van der Waals surface area contributed by atoms with Gasteiger partial charge in [-0.15, -0.1) is 11.3 Å². The number of rotatable bonds is 1. The molecule has 0 fully saturated rings. The van der Waals surface area contributed by atoms with Crippen molar-refractivity contribution in [3.63, 3.8) is 0 Å². The summed E-state index contributed by atoms with van der Waals surface area (Å²) in [6, 6.07) is 4.16. The number of thiophene rings is 1. The van der Waals surface area contributed by atoms with Crippen LogP contribution in [0.1, 0.15) is 16.1 Å². The highest BCUT2D eigenvalue weighted by Crippen LogP contribution is 2.06. The van der Waals surface area contributed by atoms with Gasteiger partial charge in [0.25, 0.3) is 0 Å². The summed E-state index contributed by atoms with van der Waals surface area (Å²) in [6.45, 7) is 3.97. The summed E-state index contributed by atoms with van der Waals surface area (Å²) < 4.78 is 0. The second-order valence-electron chi connectivity index (χ2n) is 3.37. The maximum absolute atomic E-state index is 5.57. The molecule has 2 heterocycles. The first-order chi connectivity index (χ1) is 8.15. The average Bonchev–Trinajstić information content (AvgIpc) is 2.76. The molecule has 2 rings (SSSR count). The predicted octanol–water partition coefficient (Wildman–Crippen LogP) is 2.47. The summed E-state index contributed by atoms with van der Waals surface area (Å²) in [4.78, 5) is 13.0. The zero-order valence-corrected chi connectivity index (χ0v) is 11.0. The SMILES string of the molecule is CN=Cc1c(C)ncnc1N.Cc1cccs1. The number of aromatic nitrogens is 2.